The van der Waals surface area contributed by atoms with Crippen molar-refractivity contribution in [3.8, 4) is 11.6 Å². The maximum atomic E-state index is 5.86. The van der Waals surface area contributed by atoms with Gasteiger partial charge >= 0.3 is 0 Å². The van der Waals surface area contributed by atoms with Crippen LogP contribution in [0.3, 0.4) is 0 Å². The highest BCUT2D eigenvalue weighted by atomic mass is 16.5. The molecule has 0 aliphatic rings. The summed E-state index contributed by atoms with van der Waals surface area (Å²) >= 11 is 0. The molecule has 0 atom stereocenters. The first-order chi connectivity index (χ1) is 10.1. The van der Waals surface area contributed by atoms with E-state index in [9.17, 15) is 0 Å². The van der Waals surface area contributed by atoms with Gasteiger partial charge in [-0.2, -0.15) is 5.10 Å². The van der Waals surface area contributed by atoms with Gasteiger partial charge in [-0.05, 0) is 31.0 Å². The van der Waals surface area contributed by atoms with Gasteiger partial charge in [0.1, 0.15) is 0 Å². The summed E-state index contributed by atoms with van der Waals surface area (Å²) in [6, 6.07) is 4.09. The van der Waals surface area contributed by atoms with Crippen molar-refractivity contribution in [1.82, 2.24) is 20.1 Å². The summed E-state index contributed by atoms with van der Waals surface area (Å²) in [6.45, 7) is 8.09. The summed E-state index contributed by atoms with van der Waals surface area (Å²) in [4.78, 5) is 4.58. The molecule has 114 valence electrons. The Morgan fingerprint density at radius 1 is 1.33 bits per heavy atom. The van der Waals surface area contributed by atoms with E-state index >= 15 is 0 Å². The SMILES string of the molecule is CCCn1cc(Oc2cc(CNC)cc(C(C)C)n2)cn1. The molecule has 5 nitrogen and oxygen atoms in total. The number of nitrogens with one attached hydrogen (secondary N) is 1. The highest BCUT2D eigenvalue weighted by molar-refractivity contribution is 5.29. The molecular weight excluding hydrogens is 264 g/mol. The van der Waals surface area contributed by atoms with Crippen molar-refractivity contribution in [2.45, 2.75) is 46.2 Å². The number of rotatable bonds is 7. The van der Waals surface area contributed by atoms with Gasteiger partial charge in [-0.15, -0.1) is 0 Å². The van der Waals surface area contributed by atoms with Gasteiger partial charge < -0.3 is 10.1 Å². The molecule has 2 aromatic heterocycles. The summed E-state index contributed by atoms with van der Waals surface area (Å²) in [5.41, 5.74) is 2.21. The zero-order chi connectivity index (χ0) is 15.2. The van der Waals surface area contributed by atoms with Crippen molar-refractivity contribution in [2.24, 2.45) is 0 Å². The van der Waals surface area contributed by atoms with Crippen molar-refractivity contribution >= 4 is 0 Å². The Hall–Kier alpha value is -1.88. The van der Waals surface area contributed by atoms with Crippen LogP contribution >= 0.6 is 0 Å². The zero-order valence-corrected chi connectivity index (χ0v) is 13.3. The lowest BCUT2D eigenvalue weighted by Gasteiger charge is -2.11. The van der Waals surface area contributed by atoms with E-state index in [0.29, 0.717) is 11.8 Å². The predicted molar refractivity (Wildman–Crippen MR) is 83.7 cm³/mol. The first-order valence-electron chi connectivity index (χ1n) is 7.48. The monoisotopic (exact) mass is 288 g/mol. The van der Waals surface area contributed by atoms with Crippen LogP contribution in [-0.2, 0) is 13.1 Å². The van der Waals surface area contributed by atoms with Crippen LogP contribution in [0, 0.1) is 0 Å². The van der Waals surface area contributed by atoms with Crippen molar-refractivity contribution < 1.29 is 4.74 Å². The molecule has 0 unspecified atom stereocenters. The third kappa shape index (κ3) is 4.29. The molecule has 0 aromatic carbocycles. The summed E-state index contributed by atoms with van der Waals surface area (Å²) in [5, 5.41) is 7.43. The Bertz CT molecular complexity index is 577. The molecule has 0 saturated carbocycles. The largest absolute Gasteiger partial charge is 0.436 e. The van der Waals surface area contributed by atoms with Crippen LogP contribution in [0.15, 0.2) is 24.5 Å². The molecule has 2 rings (SSSR count). The lowest BCUT2D eigenvalue weighted by Crippen LogP contribution is -2.07. The van der Waals surface area contributed by atoms with Gasteiger partial charge in [-0.3, -0.25) is 4.68 Å². The lowest BCUT2D eigenvalue weighted by molar-refractivity contribution is 0.456. The normalized spacial score (nSPS) is 11.1. The molecule has 0 radical (unpaired) electrons. The van der Waals surface area contributed by atoms with Crippen molar-refractivity contribution in [3.05, 3.63) is 35.8 Å². The average Bonchev–Trinajstić information content (AvgIpc) is 2.86. The van der Waals surface area contributed by atoms with E-state index in [1.165, 1.54) is 5.56 Å². The molecule has 1 N–H and O–H groups in total. The Morgan fingerprint density at radius 2 is 2.14 bits per heavy atom. The molecule has 0 spiro atoms. The second-order valence-corrected chi connectivity index (χ2v) is 5.46. The van der Waals surface area contributed by atoms with Crippen LogP contribution in [-0.4, -0.2) is 21.8 Å². The molecule has 0 aliphatic carbocycles. The quantitative estimate of drug-likeness (QED) is 0.849. The summed E-state index contributed by atoms with van der Waals surface area (Å²) in [5.74, 6) is 1.72. The van der Waals surface area contributed by atoms with Gasteiger partial charge in [0.15, 0.2) is 5.75 Å². The van der Waals surface area contributed by atoms with E-state index in [1.54, 1.807) is 6.20 Å². The molecular formula is C16H24N4O. The Kier molecular flexibility index (Phi) is 5.33. The van der Waals surface area contributed by atoms with E-state index in [2.05, 4.69) is 42.2 Å². The third-order valence-corrected chi connectivity index (χ3v) is 3.14. The van der Waals surface area contributed by atoms with Crippen LogP contribution in [0.1, 0.15) is 44.4 Å². The van der Waals surface area contributed by atoms with Crippen LogP contribution in [0.5, 0.6) is 11.6 Å². The second kappa shape index (κ2) is 7.22. The summed E-state index contributed by atoms with van der Waals surface area (Å²) in [6.07, 6.45) is 4.69. The first kappa shape index (κ1) is 15.5. The number of hydrogen-bond donors (Lipinski definition) is 1. The third-order valence-electron chi connectivity index (χ3n) is 3.14. The first-order valence-corrected chi connectivity index (χ1v) is 7.48. The molecule has 0 fully saturated rings. The lowest BCUT2D eigenvalue weighted by atomic mass is 10.1. The molecule has 0 saturated heterocycles. The summed E-state index contributed by atoms with van der Waals surface area (Å²) < 4.78 is 7.75. The van der Waals surface area contributed by atoms with Gasteiger partial charge in [-0.25, -0.2) is 4.98 Å². The zero-order valence-electron chi connectivity index (χ0n) is 13.3. The standard InChI is InChI=1S/C16H24N4O/c1-5-6-20-11-14(10-18-20)21-16-8-13(9-17-4)7-15(19-16)12(2)3/h7-8,10-12,17H,5-6,9H2,1-4H3. The number of nitrogens with zero attached hydrogens (tertiary/aromatic N) is 3. The van der Waals surface area contributed by atoms with Gasteiger partial charge in [0.05, 0.1) is 12.4 Å². The van der Waals surface area contributed by atoms with Gasteiger partial charge in [0.2, 0.25) is 5.88 Å². The second-order valence-electron chi connectivity index (χ2n) is 5.46. The maximum absolute atomic E-state index is 5.86. The molecule has 0 amide bonds. The smallest absolute Gasteiger partial charge is 0.219 e. The van der Waals surface area contributed by atoms with E-state index in [-0.39, 0.29) is 0 Å². The minimum atomic E-state index is 0.368. The van der Waals surface area contributed by atoms with E-state index in [0.717, 1.165) is 31.0 Å². The van der Waals surface area contributed by atoms with Crippen LogP contribution in [0.25, 0.3) is 0 Å². The Morgan fingerprint density at radius 3 is 2.81 bits per heavy atom. The fourth-order valence-electron chi connectivity index (χ4n) is 2.11. The van der Waals surface area contributed by atoms with Gasteiger partial charge in [0, 0.05) is 24.8 Å². The number of hydrogen-bond acceptors (Lipinski definition) is 4. The molecule has 0 aliphatic heterocycles. The van der Waals surface area contributed by atoms with E-state index in [4.69, 9.17) is 4.74 Å². The van der Waals surface area contributed by atoms with Crippen LogP contribution < -0.4 is 10.1 Å². The van der Waals surface area contributed by atoms with E-state index < -0.39 is 0 Å². The fourth-order valence-corrected chi connectivity index (χ4v) is 2.11. The molecule has 2 heterocycles. The van der Waals surface area contributed by atoms with Crippen molar-refractivity contribution in [2.75, 3.05) is 7.05 Å². The highest BCUT2D eigenvalue weighted by Gasteiger charge is 2.09. The van der Waals surface area contributed by atoms with Crippen LogP contribution in [0.2, 0.25) is 0 Å². The van der Waals surface area contributed by atoms with E-state index in [1.807, 2.05) is 24.0 Å². The Balaban J connectivity index is 2.20. The predicted octanol–water partition coefficient (Wildman–Crippen LogP) is 3.32. The molecule has 2 aromatic rings. The number of aryl methyl sites for hydroxylation is 1. The molecule has 21 heavy (non-hydrogen) atoms. The maximum Gasteiger partial charge on any atom is 0.219 e. The molecule has 0 bridgehead atoms. The van der Waals surface area contributed by atoms with Crippen molar-refractivity contribution in [3.63, 3.8) is 0 Å². The number of pyridine rings is 1. The van der Waals surface area contributed by atoms with Crippen molar-refractivity contribution in [1.29, 1.82) is 0 Å². The van der Waals surface area contributed by atoms with Gasteiger partial charge in [0.25, 0.3) is 0 Å². The number of aromatic nitrogens is 3. The van der Waals surface area contributed by atoms with Crippen LogP contribution in [0.4, 0.5) is 0 Å². The Labute approximate surface area is 126 Å². The highest BCUT2D eigenvalue weighted by Crippen LogP contribution is 2.23. The van der Waals surface area contributed by atoms with Gasteiger partial charge in [-0.1, -0.05) is 20.8 Å². The summed E-state index contributed by atoms with van der Waals surface area (Å²) in [7, 11) is 1.94. The average molecular weight is 288 g/mol. The fraction of sp³-hybridized carbons (Fsp3) is 0.500. The molecule has 5 heteroatoms. The minimum absolute atomic E-state index is 0.368. The topological polar surface area (TPSA) is 52.0 Å². The number of ether oxygens (including phenoxy) is 1. The minimum Gasteiger partial charge on any atom is -0.436 e.